The highest BCUT2D eigenvalue weighted by molar-refractivity contribution is 5.76. The predicted molar refractivity (Wildman–Crippen MR) is 118 cm³/mol. The molecule has 0 aliphatic carbocycles. The predicted octanol–water partition coefficient (Wildman–Crippen LogP) is 4.18. The second kappa shape index (κ2) is 11.1. The molecular formula is C25H33FN2O2. The molecule has 1 saturated heterocycles. The minimum absolute atomic E-state index is 0.158. The lowest BCUT2D eigenvalue weighted by atomic mass is 9.96. The fourth-order valence-electron chi connectivity index (χ4n) is 4.27. The molecule has 0 bridgehead atoms. The number of para-hydroxylation sites is 1. The summed E-state index contributed by atoms with van der Waals surface area (Å²) in [4.78, 5) is 16.9. The Morgan fingerprint density at radius 1 is 1.17 bits per heavy atom. The summed E-state index contributed by atoms with van der Waals surface area (Å²) in [5.41, 5.74) is 2.24. The van der Waals surface area contributed by atoms with E-state index in [1.807, 2.05) is 24.1 Å². The maximum absolute atomic E-state index is 13.0. The first-order chi connectivity index (χ1) is 14.5. The van der Waals surface area contributed by atoms with Gasteiger partial charge in [0.1, 0.15) is 11.6 Å². The average Bonchev–Trinajstić information content (AvgIpc) is 2.77. The number of carbonyl (C=O) groups is 1. The van der Waals surface area contributed by atoms with Crippen molar-refractivity contribution in [2.45, 2.75) is 32.1 Å². The molecule has 1 amide bonds. The van der Waals surface area contributed by atoms with Crippen LogP contribution in [0.5, 0.6) is 5.75 Å². The summed E-state index contributed by atoms with van der Waals surface area (Å²) in [6.45, 7) is 3.96. The molecule has 0 unspecified atom stereocenters. The van der Waals surface area contributed by atoms with Gasteiger partial charge in [-0.05, 0) is 67.5 Å². The van der Waals surface area contributed by atoms with E-state index in [0.29, 0.717) is 18.8 Å². The summed E-state index contributed by atoms with van der Waals surface area (Å²) in [5, 5.41) is 0. The molecule has 1 atom stereocenters. The molecule has 0 saturated carbocycles. The summed E-state index contributed by atoms with van der Waals surface area (Å²) >= 11 is 0. The number of aryl methyl sites for hydroxylation is 1. The summed E-state index contributed by atoms with van der Waals surface area (Å²) in [6, 6.07) is 14.6. The zero-order valence-electron chi connectivity index (χ0n) is 18.1. The minimum Gasteiger partial charge on any atom is -0.496 e. The molecule has 2 aromatic carbocycles. The van der Waals surface area contributed by atoms with Gasteiger partial charge in [-0.25, -0.2) is 4.39 Å². The third-order valence-electron chi connectivity index (χ3n) is 5.99. The molecule has 1 heterocycles. The largest absolute Gasteiger partial charge is 0.496 e. The number of carbonyl (C=O) groups excluding carboxylic acids is 1. The first-order valence-corrected chi connectivity index (χ1v) is 10.9. The molecule has 1 fully saturated rings. The fraction of sp³-hybridized carbons (Fsp3) is 0.480. The van der Waals surface area contributed by atoms with E-state index >= 15 is 0 Å². The van der Waals surface area contributed by atoms with Crippen LogP contribution in [0.4, 0.5) is 4.39 Å². The number of methoxy groups -OCH3 is 1. The Morgan fingerprint density at radius 2 is 1.93 bits per heavy atom. The maximum Gasteiger partial charge on any atom is 0.222 e. The number of piperidine rings is 1. The Bertz CT molecular complexity index is 809. The van der Waals surface area contributed by atoms with Gasteiger partial charge in [0.05, 0.1) is 7.11 Å². The number of halogens is 1. The van der Waals surface area contributed by atoms with Gasteiger partial charge in [-0.1, -0.05) is 30.3 Å². The number of amides is 1. The standard InChI is InChI=1S/C25H33FN2O2/c1-27(25(29)14-11-20-9-12-23(26)13-10-20)18-21-6-5-16-28(19-21)17-15-22-7-3-4-8-24(22)30-2/h3-4,7-10,12-13,21H,5-6,11,14-19H2,1-2H3/t21-/m1/s1. The van der Waals surface area contributed by atoms with Gasteiger partial charge in [0, 0.05) is 33.1 Å². The monoisotopic (exact) mass is 412 g/mol. The van der Waals surface area contributed by atoms with Crippen molar-refractivity contribution in [1.29, 1.82) is 0 Å². The van der Waals surface area contributed by atoms with Crippen molar-refractivity contribution in [3.8, 4) is 5.75 Å². The molecule has 0 radical (unpaired) electrons. The van der Waals surface area contributed by atoms with Crippen LogP contribution in [-0.4, -0.2) is 56.0 Å². The van der Waals surface area contributed by atoms with Crippen LogP contribution >= 0.6 is 0 Å². The Hall–Kier alpha value is -2.40. The smallest absolute Gasteiger partial charge is 0.222 e. The zero-order chi connectivity index (χ0) is 21.3. The molecule has 0 spiro atoms. The van der Waals surface area contributed by atoms with Gasteiger partial charge < -0.3 is 14.5 Å². The number of benzene rings is 2. The molecular weight excluding hydrogens is 379 g/mol. The van der Waals surface area contributed by atoms with Crippen molar-refractivity contribution in [2.24, 2.45) is 5.92 Å². The van der Waals surface area contributed by atoms with E-state index in [2.05, 4.69) is 17.0 Å². The van der Waals surface area contributed by atoms with E-state index in [1.165, 1.54) is 30.5 Å². The third kappa shape index (κ3) is 6.56. The zero-order valence-corrected chi connectivity index (χ0v) is 18.1. The SMILES string of the molecule is COc1ccccc1CCN1CCC[C@H](CN(C)C(=O)CCc2ccc(F)cc2)C1. The van der Waals surface area contributed by atoms with Crippen LogP contribution in [0.25, 0.3) is 0 Å². The van der Waals surface area contributed by atoms with Crippen LogP contribution in [0, 0.1) is 11.7 Å². The number of hydrogen-bond acceptors (Lipinski definition) is 3. The molecule has 0 aromatic heterocycles. The molecule has 2 aromatic rings. The van der Waals surface area contributed by atoms with E-state index in [1.54, 1.807) is 19.2 Å². The minimum atomic E-state index is -0.241. The second-order valence-corrected chi connectivity index (χ2v) is 8.27. The van der Waals surface area contributed by atoms with Crippen molar-refractivity contribution in [3.63, 3.8) is 0 Å². The lowest BCUT2D eigenvalue weighted by Crippen LogP contribution is -2.42. The van der Waals surface area contributed by atoms with E-state index in [9.17, 15) is 9.18 Å². The Balaban J connectivity index is 1.43. The third-order valence-corrected chi connectivity index (χ3v) is 5.99. The molecule has 5 heteroatoms. The molecule has 162 valence electrons. The van der Waals surface area contributed by atoms with Crippen LogP contribution in [-0.2, 0) is 17.6 Å². The van der Waals surface area contributed by atoms with Crippen LogP contribution < -0.4 is 4.74 Å². The van der Waals surface area contributed by atoms with Crippen molar-refractivity contribution < 1.29 is 13.9 Å². The average molecular weight is 413 g/mol. The first-order valence-electron chi connectivity index (χ1n) is 10.9. The summed E-state index contributed by atoms with van der Waals surface area (Å²) < 4.78 is 18.5. The highest BCUT2D eigenvalue weighted by Crippen LogP contribution is 2.21. The quantitative estimate of drug-likeness (QED) is 0.619. The summed E-state index contributed by atoms with van der Waals surface area (Å²) in [7, 11) is 3.62. The number of likely N-dealkylation sites (tertiary alicyclic amines) is 1. The van der Waals surface area contributed by atoms with Crippen molar-refractivity contribution in [2.75, 3.05) is 40.3 Å². The fourth-order valence-corrected chi connectivity index (χ4v) is 4.27. The van der Waals surface area contributed by atoms with E-state index < -0.39 is 0 Å². The van der Waals surface area contributed by atoms with E-state index in [0.717, 1.165) is 43.9 Å². The van der Waals surface area contributed by atoms with Crippen LogP contribution in [0.15, 0.2) is 48.5 Å². The Labute approximate surface area is 179 Å². The van der Waals surface area contributed by atoms with Crippen molar-refractivity contribution in [1.82, 2.24) is 9.80 Å². The number of rotatable bonds is 9. The molecule has 30 heavy (non-hydrogen) atoms. The molecule has 0 N–H and O–H groups in total. The highest BCUT2D eigenvalue weighted by atomic mass is 19.1. The maximum atomic E-state index is 13.0. The Morgan fingerprint density at radius 3 is 2.70 bits per heavy atom. The molecule has 4 nitrogen and oxygen atoms in total. The van der Waals surface area contributed by atoms with E-state index in [-0.39, 0.29) is 11.7 Å². The number of nitrogens with zero attached hydrogens (tertiary/aromatic N) is 2. The number of hydrogen-bond donors (Lipinski definition) is 0. The number of ether oxygens (including phenoxy) is 1. The summed E-state index contributed by atoms with van der Waals surface area (Å²) in [6.07, 6.45) is 4.43. The van der Waals surface area contributed by atoms with Crippen LogP contribution in [0.3, 0.4) is 0 Å². The second-order valence-electron chi connectivity index (χ2n) is 8.27. The van der Waals surface area contributed by atoms with Gasteiger partial charge in [-0.15, -0.1) is 0 Å². The van der Waals surface area contributed by atoms with Gasteiger partial charge in [-0.3, -0.25) is 4.79 Å². The Kier molecular flexibility index (Phi) is 8.26. The van der Waals surface area contributed by atoms with Crippen LogP contribution in [0.2, 0.25) is 0 Å². The normalized spacial score (nSPS) is 17.0. The topological polar surface area (TPSA) is 32.8 Å². The molecule has 1 aliphatic rings. The summed E-state index contributed by atoms with van der Waals surface area (Å²) in [5.74, 6) is 1.38. The van der Waals surface area contributed by atoms with Crippen LogP contribution in [0.1, 0.15) is 30.4 Å². The highest BCUT2D eigenvalue weighted by Gasteiger charge is 2.22. The van der Waals surface area contributed by atoms with Gasteiger partial charge in [0.25, 0.3) is 0 Å². The van der Waals surface area contributed by atoms with Crippen molar-refractivity contribution >= 4 is 5.91 Å². The lowest BCUT2D eigenvalue weighted by Gasteiger charge is -2.35. The van der Waals surface area contributed by atoms with Gasteiger partial charge in [0.2, 0.25) is 5.91 Å². The first kappa shape index (κ1) is 22.3. The van der Waals surface area contributed by atoms with Gasteiger partial charge in [0.15, 0.2) is 0 Å². The lowest BCUT2D eigenvalue weighted by molar-refractivity contribution is -0.130. The van der Waals surface area contributed by atoms with E-state index in [4.69, 9.17) is 4.74 Å². The van der Waals surface area contributed by atoms with Gasteiger partial charge >= 0.3 is 0 Å². The molecule has 3 rings (SSSR count). The van der Waals surface area contributed by atoms with Gasteiger partial charge in [-0.2, -0.15) is 0 Å². The molecule has 1 aliphatic heterocycles. The van der Waals surface area contributed by atoms with Crippen molar-refractivity contribution in [3.05, 3.63) is 65.5 Å².